The molecule has 1 saturated heterocycles. The van der Waals surface area contributed by atoms with Gasteiger partial charge in [0.15, 0.2) is 0 Å². The van der Waals surface area contributed by atoms with Crippen molar-refractivity contribution in [2.45, 2.75) is 19.3 Å². The van der Waals surface area contributed by atoms with Crippen molar-refractivity contribution >= 4 is 11.4 Å². The minimum Gasteiger partial charge on any atom is -0.399 e. The predicted octanol–water partition coefficient (Wildman–Crippen LogP) is 2.06. The van der Waals surface area contributed by atoms with E-state index in [0.717, 1.165) is 37.9 Å². The molecule has 0 unspecified atom stereocenters. The van der Waals surface area contributed by atoms with Crippen LogP contribution in [0.4, 0.5) is 11.4 Å². The van der Waals surface area contributed by atoms with E-state index in [1.807, 2.05) is 6.07 Å². The van der Waals surface area contributed by atoms with Crippen LogP contribution in [0.25, 0.3) is 0 Å². The quantitative estimate of drug-likeness (QED) is 0.808. The molecule has 2 N–H and O–H groups in total. The topological polar surface area (TPSA) is 38.5 Å². The van der Waals surface area contributed by atoms with E-state index >= 15 is 0 Å². The first-order valence-corrected chi connectivity index (χ1v) is 6.54. The second-order valence-corrected chi connectivity index (χ2v) is 5.17. The van der Waals surface area contributed by atoms with Crippen molar-refractivity contribution in [3.8, 4) is 0 Å². The number of fused-ring (bicyclic) bond motifs is 1. The van der Waals surface area contributed by atoms with E-state index in [0.29, 0.717) is 0 Å². The van der Waals surface area contributed by atoms with E-state index in [-0.39, 0.29) is 0 Å². The predicted molar refractivity (Wildman–Crippen MR) is 70.3 cm³/mol. The summed E-state index contributed by atoms with van der Waals surface area (Å²) in [7, 11) is 0. The third kappa shape index (κ3) is 2.25. The molecule has 0 bridgehead atoms. The van der Waals surface area contributed by atoms with Gasteiger partial charge in [-0.15, -0.1) is 0 Å². The third-order valence-corrected chi connectivity index (χ3v) is 3.85. The van der Waals surface area contributed by atoms with Crippen LogP contribution in [-0.2, 0) is 11.2 Å². The molecule has 3 nitrogen and oxygen atoms in total. The van der Waals surface area contributed by atoms with Gasteiger partial charge in [0.1, 0.15) is 0 Å². The molecule has 0 saturated carbocycles. The van der Waals surface area contributed by atoms with Gasteiger partial charge in [-0.05, 0) is 37.0 Å². The molecule has 0 atom stereocenters. The SMILES string of the molecule is Nc1ccc2c(c1)N(CCCC1COC1)CC2. The number of nitrogens with two attached hydrogens (primary N) is 1. The first kappa shape index (κ1) is 10.9. The lowest BCUT2D eigenvalue weighted by atomic mass is 10.0. The highest BCUT2D eigenvalue weighted by molar-refractivity contribution is 5.64. The van der Waals surface area contributed by atoms with E-state index in [4.69, 9.17) is 10.5 Å². The second kappa shape index (κ2) is 4.57. The summed E-state index contributed by atoms with van der Waals surface area (Å²) in [6.45, 7) is 4.26. The van der Waals surface area contributed by atoms with Crippen molar-refractivity contribution in [1.29, 1.82) is 0 Å². The summed E-state index contributed by atoms with van der Waals surface area (Å²) in [5.74, 6) is 0.818. The second-order valence-electron chi connectivity index (χ2n) is 5.17. The van der Waals surface area contributed by atoms with Crippen molar-refractivity contribution in [2.24, 2.45) is 5.92 Å². The molecule has 92 valence electrons. The van der Waals surface area contributed by atoms with Crippen molar-refractivity contribution in [3.63, 3.8) is 0 Å². The van der Waals surface area contributed by atoms with E-state index in [2.05, 4.69) is 17.0 Å². The van der Waals surface area contributed by atoms with E-state index < -0.39 is 0 Å². The van der Waals surface area contributed by atoms with Gasteiger partial charge in [-0.25, -0.2) is 0 Å². The van der Waals surface area contributed by atoms with Crippen molar-refractivity contribution in [3.05, 3.63) is 23.8 Å². The number of nitrogen functional groups attached to an aromatic ring is 1. The number of hydrogen-bond acceptors (Lipinski definition) is 3. The minimum absolute atomic E-state index is 0.818. The summed E-state index contributed by atoms with van der Waals surface area (Å²) >= 11 is 0. The average Bonchev–Trinajstić information content (AvgIpc) is 2.64. The highest BCUT2D eigenvalue weighted by Gasteiger charge is 2.21. The number of rotatable bonds is 4. The van der Waals surface area contributed by atoms with Crippen LogP contribution >= 0.6 is 0 Å². The lowest BCUT2D eigenvalue weighted by Gasteiger charge is -2.27. The van der Waals surface area contributed by atoms with Crippen LogP contribution in [0.1, 0.15) is 18.4 Å². The summed E-state index contributed by atoms with van der Waals surface area (Å²) in [6.07, 6.45) is 3.73. The monoisotopic (exact) mass is 232 g/mol. The summed E-state index contributed by atoms with van der Waals surface area (Å²) in [5, 5.41) is 0. The minimum atomic E-state index is 0.818. The van der Waals surface area contributed by atoms with Gasteiger partial charge in [0.25, 0.3) is 0 Å². The van der Waals surface area contributed by atoms with Crippen molar-refractivity contribution in [1.82, 2.24) is 0 Å². The number of hydrogen-bond donors (Lipinski definition) is 1. The van der Waals surface area contributed by atoms with Gasteiger partial charge in [-0.3, -0.25) is 0 Å². The highest BCUT2D eigenvalue weighted by Crippen LogP contribution is 2.30. The maximum atomic E-state index is 5.86. The zero-order valence-electron chi connectivity index (χ0n) is 10.2. The molecule has 3 rings (SSSR count). The Balaban J connectivity index is 1.56. The summed E-state index contributed by atoms with van der Waals surface area (Å²) in [5.41, 5.74) is 9.54. The molecule has 0 spiro atoms. The maximum Gasteiger partial charge on any atom is 0.0516 e. The van der Waals surface area contributed by atoms with Gasteiger partial charge >= 0.3 is 0 Å². The van der Waals surface area contributed by atoms with Gasteiger partial charge in [0.2, 0.25) is 0 Å². The Morgan fingerprint density at radius 1 is 1.35 bits per heavy atom. The zero-order chi connectivity index (χ0) is 11.7. The molecule has 17 heavy (non-hydrogen) atoms. The Bertz CT molecular complexity index is 401. The number of benzene rings is 1. The Labute approximate surface area is 103 Å². The fourth-order valence-electron chi connectivity index (χ4n) is 2.72. The van der Waals surface area contributed by atoms with E-state index in [9.17, 15) is 0 Å². The lowest BCUT2D eigenvalue weighted by molar-refractivity contribution is -0.0359. The molecule has 0 aromatic heterocycles. The number of anilines is 2. The summed E-state index contributed by atoms with van der Waals surface area (Å²) < 4.78 is 5.20. The third-order valence-electron chi connectivity index (χ3n) is 3.85. The molecule has 1 aromatic carbocycles. The van der Waals surface area contributed by atoms with Crippen LogP contribution in [0, 0.1) is 5.92 Å². The van der Waals surface area contributed by atoms with Gasteiger partial charge in [-0.2, -0.15) is 0 Å². The normalized spacial score (nSPS) is 19.2. The van der Waals surface area contributed by atoms with Crippen LogP contribution < -0.4 is 10.6 Å². The van der Waals surface area contributed by atoms with Crippen LogP contribution in [0.15, 0.2) is 18.2 Å². The molecule has 3 heteroatoms. The average molecular weight is 232 g/mol. The van der Waals surface area contributed by atoms with Gasteiger partial charge in [0, 0.05) is 30.4 Å². The molecule has 2 aliphatic rings. The largest absolute Gasteiger partial charge is 0.399 e. The van der Waals surface area contributed by atoms with Crippen molar-refractivity contribution < 1.29 is 4.74 Å². The van der Waals surface area contributed by atoms with Crippen LogP contribution in [-0.4, -0.2) is 26.3 Å². The molecule has 1 aromatic rings. The Hall–Kier alpha value is -1.22. The molecule has 1 fully saturated rings. The van der Waals surface area contributed by atoms with Crippen LogP contribution in [0.3, 0.4) is 0 Å². The fourth-order valence-corrected chi connectivity index (χ4v) is 2.72. The summed E-state index contributed by atoms with van der Waals surface area (Å²) in [6, 6.07) is 6.30. The van der Waals surface area contributed by atoms with Crippen LogP contribution in [0.5, 0.6) is 0 Å². The molecule has 2 heterocycles. The molecule has 0 amide bonds. The Morgan fingerprint density at radius 2 is 2.24 bits per heavy atom. The molecule has 0 radical (unpaired) electrons. The molecule has 2 aliphatic heterocycles. The number of ether oxygens (including phenoxy) is 1. The van der Waals surface area contributed by atoms with Gasteiger partial charge in [0.05, 0.1) is 13.2 Å². The molecular formula is C14H20N2O. The highest BCUT2D eigenvalue weighted by atomic mass is 16.5. The lowest BCUT2D eigenvalue weighted by Crippen LogP contribution is -2.29. The fraction of sp³-hybridized carbons (Fsp3) is 0.571. The maximum absolute atomic E-state index is 5.86. The smallest absolute Gasteiger partial charge is 0.0516 e. The molecular weight excluding hydrogens is 212 g/mol. The van der Waals surface area contributed by atoms with Crippen molar-refractivity contribution in [2.75, 3.05) is 36.9 Å². The zero-order valence-corrected chi connectivity index (χ0v) is 10.2. The van der Waals surface area contributed by atoms with Crippen LogP contribution in [0.2, 0.25) is 0 Å². The van der Waals surface area contributed by atoms with E-state index in [1.54, 1.807) is 0 Å². The van der Waals surface area contributed by atoms with Gasteiger partial charge < -0.3 is 15.4 Å². The standard InChI is InChI=1S/C14H20N2O/c15-13-4-3-12-5-7-16(14(12)8-13)6-1-2-11-9-17-10-11/h3-4,8,11H,1-2,5-7,9-10,15H2. The Kier molecular flexibility index (Phi) is 2.93. The van der Waals surface area contributed by atoms with Gasteiger partial charge in [-0.1, -0.05) is 6.07 Å². The van der Waals surface area contributed by atoms with E-state index in [1.165, 1.54) is 30.5 Å². The first-order valence-electron chi connectivity index (χ1n) is 6.54. The summed E-state index contributed by atoms with van der Waals surface area (Å²) in [4.78, 5) is 2.48. The molecule has 0 aliphatic carbocycles. The Morgan fingerprint density at radius 3 is 3.00 bits per heavy atom. The first-order chi connectivity index (χ1) is 8.33. The number of nitrogens with zero attached hydrogens (tertiary/aromatic N) is 1.